The van der Waals surface area contributed by atoms with Crippen LogP contribution in [0, 0.1) is 0 Å². The van der Waals surface area contributed by atoms with E-state index in [4.69, 9.17) is 14.2 Å². The van der Waals surface area contributed by atoms with Crippen molar-refractivity contribution in [2.75, 3.05) is 46.7 Å². The van der Waals surface area contributed by atoms with Crippen LogP contribution in [0.5, 0.6) is 0 Å². The number of ether oxygens (including phenoxy) is 3. The van der Waals surface area contributed by atoms with E-state index in [2.05, 4.69) is 77.4 Å². The molecular formula is C30H38N2O4. The molecule has 2 unspecified atom stereocenters. The van der Waals surface area contributed by atoms with E-state index in [1.165, 1.54) is 5.56 Å². The van der Waals surface area contributed by atoms with E-state index < -0.39 is 11.9 Å². The van der Waals surface area contributed by atoms with Crippen LogP contribution in [-0.2, 0) is 26.3 Å². The normalized spacial score (nSPS) is 20.1. The van der Waals surface area contributed by atoms with Crippen molar-refractivity contribution in [1.29, 1.82) is 0 Å². The lowest BCUT2D eigenvalue weighted by Gasteiger charge is -2.42. The van der Waals surface area contributed by atoms with Crippen molar-refractivity contribution >= 4 is 0 Å². The van der Waals surface area contributed by atoms with Gasteiger partial charge in [0, 0.05) is 26.2 Å². The minimum atomic E-state index is -0.776. The number of rotatable bonds is 13. The summed E-state index contributed by atoms with van der Waals surface area (Å²) in [6, 6.07) is 31.4. The van der Waals surface area contributed by atoms with E-state index in [9.17, 15) is 5.11 Å². The molecule has 3 aromatic carbocycles. The molecule has 6 nitrogen and oxygen atoms in total. The number of benzene rings is 3. The van der Waals surface area contributed by atoms with E-state index in [1.54, 1.807) is 7.11 Å². The molecule has 1 N–H and O–H groups in total. The molecule has 1 fully saturated rings. The number of nitrogens with zero attached hydrogens (tertiary/aromatic N) is 2. The Labute approximate surface area is 215 Å². The molecule has 4 rings (SSSR count). The van der Waals surface area contributed by atoms with Gasteiger partial charge in [0.15, 0.2) is 6.35 Å². The fourth-order valence-corrected chi connectivity index (χ4v) is 5.34. The first kappa shape index (κ1) is 26.5. The maximum absolute atomic E-state index is 11.8. The van der Waals surface area contributed by atoms with Crippen LogP contribution >= 0.6 is 0 Å². The summed E-state index contributed by atoms with van der Waals surface area (Å²) in [4.78, 5) is 4.38. The largest absolute Gasteiger partial charge is 0.382 e. The number of methoxy groups -OCH3 is 1. The van der Waals surface area contributed by atoms with Gasteiger partial charge in [0.05, 0.1) is 38.6 Å². The summed E-state index contributed by atoms with van der Waals surface area (Å²) >= 11 is 0. The summed E-state index contributed by atoms with van der Waals surface area (Å²) in [5.74, 6) is 0. The van der Waals surface area contributed by atoms with Crippen molar-refractivity contribution in [2.45, 2.75) is 31.4 Å². The van der Waals surface area contributed by atoms with Gasteiger partial charge in [0.1, 0.15) is 0 Å². The van der Waals surface area contributed by atoms with E-state index in [1.807, 2.05) is 30.3 Å². The number of hydrogen-bond donors (Lipinski definition) is 1. The van der Waals surface area contributed by atoms with Crippen molar-refractivity contribution in [2.24, 2.45) is 0 Å². The third-order valence-electron chi connectivity index (χ3n) is 7.05. The van der Waals surface area contributed by atoms with E-state index in [-0.39, 0.29) is 6.04 Å². The van der Waals surface area contributed by atoms with E-state index in [0.29, 0.717) is 46.1 Å². The highest BCUT2D eigenvalue weighted by molar-refractivity contribution is 5.42. The third kappa shape index (κ3) is 5.70. The van der Waals surface area contributed by atoms with E-state index in [0.717, 1.165) is 11.1 Å². The Morgan fingerprint density at radius 3 is 1.78 bits per heavy atom. The molecule has 192 valence electrons. The highest BCUT2D eigenvalue weighted by Gasteiger charge is 2.57. The molecule has 6 heteroatoms. The minimum absolute atomic E-state index is 0.00474. The summed E-state index contributed by atoms with van der Waals surface area (Å²) in [5.41, 5.74) is 2.93. The van der Waals surface area contributed by atoms with Crippen LogP contribution < -0.4 is 0 Å². The van der Waals surface area contributed by atoms with Gasteiger partial charge in [0.2, 0.25) is 0 Å². The third-order valence-corrected chi connectivity index (χ3v) is 7.05. The molecule has 0 saturated carbocycles. The summed E-state index contributed by atoms with van der Waals surface area (Å²) in [5, 5.41) is 11.8. The van der Waals surface area contributed by atoms with Crippen molar-refractivity contribution in [3.63, 3.8) is 0 Å². The second kappa shape index (κ2) is 13.1. The van der Waals surface area contributed by atoms with Crippen molar-refractivity contribution < 1.29 is 19.3 Å². The molecule has 3 aromatic rings. The van der Waals surface area contributed by atoms with Crippen molar-refractivity contribution in [1.82, 2.24) is 9.80 Å². The molecule has 0 aromatic heterocycles. The zero-order valence-corrected chi connectivity index (χ0v) is 21.3. The molecule has 0 bridgehead atoms. The minimum Gasteiger partial charge on any atom is -0.382 e. The molecule has 0 radical (unpaired) electrons. The first-order valence-electron chi connectivity index (χ1n) is 12.7. The molecule has 1 aliphatic rings. The average molecular weight is 491 g/mol. The Morgan fingerprint density at radius 1 is 0.722 bits per heavy atom. The van der Waals surface area contributed by atoms with Crippen LogP contribution in [0.4, 0.5) is 0 Å². The molecule has 1 heterocycles. The van der Waals surface area contributed by atoms with Crippen molar-refractivity contribution in [3.8, 4) is 0 Å². The fraction of sp³-hybridized carbons (Fsp3) is 0.400. The quantitative estimate of drug-likeness (QED) is 0.364. The standard InChI is InChI=1S/C30H38N2O4/c1-25-30(27-14-8-4-9-15-27,28-16-10-5-11-17-28)32(18-19-35-22-23-36-21-20-34-2)29(33)31(25)24-26-12-6-3-7-13-26/h3-17,25,29,33H,18-24H2,1-2H3. The molecule has 0 aliphatic carbocycles. The number of aliphatic hydroxyl groups is 1. The Hall–Kier alpha value is -2.58. The SMILES string of the molecule is COCCOCCOCCN1C(O)N(Cc2ccccc2)C(C)C1(c1ccccc1)c1ccccc1. The van der Waals surface area contributed by atoms with Crippen LogP contribution in [0.2, 0.25) is 0 Å². The maximum Gasteiger partial charge on any atom is 0.167 e. The smallest absolute Gasteiger partial charge is 0.167 e. The molecule has 2 atom stereocenters. The lowest BCUT2D eigenvalue weighted by atomic mass is 9.77. The van der Waals surface area contributed by atoms with Gasteiger partial charge in [0.25, 0.3) is 0 Å². The lowest BCUT2D eigenvalue weighted by Crippen LogP contribution is -2.51. The molecule has 1 saturated heterocycles. The molecule has 0 spiro atoms. The molecule has 36 heavy (non-hydrogen) atoms. The summed E-state index contributed by atoms with van der Waals surface area (Å²) < 4.78 is 16.5. The van der Waals surface area contributed by atoms with Gasteiger partial charge in [-0.3, -0.25) is 4.90 Å². The Morgan fingerprint density at radius 2 is 1.22 bits per heavy atom. The van der Waals surface area contributed by atoms with Gasteiger partial charge in [-0.2, -0.15) is 0 Å². The number of aliphatic hydroxyl groups excluding tert-OH is 1. The summed E-state index contributed by atoms with van der Waals surface area (Å²) in [6.45, 7) is 6.07. The van der Waals surface area contributed by atoms with Crippen LogP contribution in [0.1, 0.15) is 23.6 Å². The maximum atomic E-state index is 11.8. The Kier molecular flexibility index (Phi) is 9.64. The predicted octanol–water partition coefficient (Wildman–Crippen LogP) is 4.09. The van der Waals surface area contributed by atoms with Gasteiger partial charge >= 0.3 is 0 Å². The fourth-order valence-electron chi connectivity index (χ4n) is 5.34. The lowest BCUT2D eigenvalue weighted by molar-refractivity contribution is -0.0892. The Balaban J connectivity index is 1.63. The first-order chi connectivity index (χ1) is 17.7. The Bertz CT molecular complexity index is 979. The highest BCUT2D eigenvalue weighted by Crippen LogP contribution is 2.48. The zero-order chi connectivity index (χ0) is 25.2. The second-order valence-corrected chi connectivity index (χ2v) is 9.09. The van der Waals surface area contributed by atoms with Gasteiger partial charge < -0.3 is 19.3 Å². The van der Waals surface area contributed by atoms with Crippen LogP contribution in [0.3, 0.4) is 0 Å². The second-order valence-electron chi connectivity index (χ2n) is 9.09. The first-order valence-corrected chi connectivity index (χ1v) is 12.7. The highest BCUT2D eigenvalue weighted by atomic mass is 16.5. The summed E-state index contributed by atoms with van der Waals surface area (Å²) in [7, 11) is 1.66. The van der Waals surface area contributed by atoms with E-state index >= 15 is 0 Å². The topological polar surface area (TPSA) is 54.4 Å². The zero-order valence-electron chi connectivity index (χ0n) is 21.3. The summed E-state index contributed by atoms with van der Waals surface area (Å²) in [6.07, 6.45) is -0.776. The molecule has 0 amide bonds. The van der Waals surface area contributed by atoms with Gasteiger partial charge in [-0.1, -0.05) is 91.0 Å². The average Bonchev–Trinajstić information content (AvgIpc) is 3.13. The van der Waals surface area contributed by atoms with Crippen LogP contribution in [0.15, 0.2) is 91.0 Å². The predicted molar refractivity (Wildman–Crippen MR) is 141 cm³/mol. The van der Waals surface area contributed by atoms with Crippen LogP contribution in [0.25, 0.3) is 0 Å². The van der Waals surface area contributed by atoms with Gasteiger partial charge in [-0.25, -0.2) is 4.90 Å². The monoisotopic (exact) mass is 490 g/mol. The van der Waals surface area contributed by atoms with Crippen LogP contribution in [-0.4, -0.2) is 74.0 Å². The number of hydrogen-bond acceptors (Lipinski definition) is 6. The molecule has 1 aliphatic heterocycles. The van der Waals surface area contributed by atoms with Crippen molar-refractivity contribution in [3.05, 3.63) is 108 Å². The van der Waals surface area contributed by atoms with Gasteiger partial charge in [-0.15, -0.1) is 0 Å². The van der Waals surface area contributed by atoms with Gasteiger partial charge in [-0.05, 0) is 23.6 Å². The molecular weight excluding hydrogens is 452 g/mol.